The lowest BCUT2D eigenvalue weighted by atomic mass is 10.2. The summed E-state index contributed by atoms with van der Waals surface area (Å²) in [6.07, 6.45) is 3.46. The van der Waals surface area contributed by atoms with Gasteiger partial charge < -0.3 is 10.2 Å². The first kappa shape index (κ1) is 13.6. The van der Waals surface area contributed by atoms with Gasteiger partial charge in [-0.2, -0.15) is 0 Å². The molecule has 0 radical (unpaired) electrons. The van der Waals surface area contributed by atoms with Crippen molar-refractivity contribution in [2.75, 3.05) is 25.1 Å². The average molecular weight is 265 g/mol. The van der Waals surface area contributed by atoms with Crippen LogP contribution in [0, 0.1) is 10.1 Å². The molecule has 0 spiro atoms. The van der Waals surface area contributed by atoms with Gasteiger partial charge in [-0.25, -0.2) is 5.01 Å². The summed E-state index contributed by atoms with van der Waals surface area (Å²) in [7, 11) is 0. The predicted molar refractivity (Wildman–Crippen MR) is 73.3 cm³/mol. The van der Waals surface area contributed by atoms with Crippen molar-refractivity contribution in [2.45, 2.75) is 26.2 Å². The summed E-state index contributed by atoms with van der Waals surface area (Å²) < 4.78 is 5.33. The number of rotatable bonds is 5. The van der Waals surface area contributed by atoms with Gasteiger partial charge in [0.05, 0.1) is 11.5 Å². The standard InChI is InChI=1S/C13H19N3O3/c1-2-19-12-8-6-7-11(13(12)16(17)18)14-15-9-4-3-5-10-15/h6-8,14H,2-5,9-10H2,1H3. The Bertz CT molecular complexity index is 445. The van der Waals surface area contributed by atoms with Crippen LogP contribution in [0.4, 0.5) is 11.4 Å². The van der Waals surface area contributed by atoms with Crippen LogP contribution in [0.3, 0.4) is 0 Å². The third kappa shape index (κ3) is 3.35. The number of hydrazine groups is 1. The molecule has 0 unspecified atom stereocenters. The summed E-state index contributed by atoms with van der Waals surface area (Å²) in [5, 5.41) is 13.3. The largest absolute Gasteiger partial charge is 0.487 e. The molecule has 1 aliphatic heterocycles. The monoisotopic (exact) mass is 265 g/mol. The van der Waals surface area contributed by atoms with Crippen molar-refractivity contribution < 1.29 is 9.66 Å². The van der Waals surface area contributed by atoms with E-state index in [-0.39, 0.29) is 5.69 Å². The van der Waals surface area contributed by atoms with Gasteiger partial charge >= 0.3 is 5.69 Å². The maximum absolute atomic E-state index is 11.2. The van der Waals surface area contributed by atoms with Crippen LogP contribution in [0.2, 0.25) is 0 Å². The van der Waals surface area contributed by atoms with Crippen molar-refractivity contribution >= 4 is 11.4 Å². The second-order valence-corrected chi connectivity index (χ2v) is 4.50. The highest BCUT2D eigenvalue weighted by Gasteiger charge is 2.22. The van der Waals surface area contributed by atoms with E-state index in [0.717, 1.165) is 25.9 Å². The minimum atomic E-state index is -0.392. The van der Waals surface area contributed by atoms with Crippen molar-refractivity contribution in [3.05, 3.63) is 28.3 Å². The number of anilines is 1. The maximum Gasteiger partial charge on any atom is 0.335 e. The summed E-state index contributed by atoms with van der Waals surface area (Å²) in [6, 6.07) is 5.11. The van der Waals surface area contributed by atoms with Crippen LogP contribution in [0.1, 0.15) is 26.2 Å². The number of ether oxygens (including phenoxy) is 1. The molecule has 0 atom stereocenters. The van der Waals surface area contributed by atoms with E-state index in [0.29, 0.717) is 18.0 Å². The Labute approximate surface area is 112 Å². The highest BCUT2D eigenvalue weighted by atomic mass is 16.6. The fourth-order valence-electron chi connectivity index (χ4n) is 2.25. The molecule has 1 aromatic carbocycles. The predicted octanol–water partition coefficient (Wildman–Crippen LogP) is 2.81. The summed E-state index contributed by atoms with van der Waals surface area (Å²) in [5.74, 6) is 0.314. The van der Waals surface area contributed by atoms with Crippen LogP contribution < -0.4 is 10.2 Å². The van der Waals surface area contributed by atoms with Gasteiger partial charge in [0, 0.05) is 13.1 Å². The average Bonchev–Trinajstić information content (AvgIpc) is 2.40. The first-order valence-corrected chi connectivity index (χ1v) is 6.64. The zero-order valence-electron chi connectivity index (χ0n) is 11.1. The molecule has 1 N–H and O–H groups in total. The molecular weight excluding hydrogens is 246 g/mol. The Morgan fingerprint density at radius 3 is 2.74 bits per heavy atom. The number of piperidine rings is 1. The molecule has 0 amide bonds. The molecule has 1 fully saturated rings. The molecule has 6 nitrogen and oxygen atoms in total. The van der Waals surface area contributed by atoms with E-state index in [1.165, 1.54) is 6.42 Å². The smallest absolute Gasteiger partial charge is 0.335 e. The second-order valence-electron chi connectivity index (χ2n) is 4.50. The Hall–Kier alpha value is -1.82. The van der Waals surface area contributed by atoms with Gasteiger partial charge in [-0.15, -0.1) is 0 Å². The lowest BCUT2D eigenvalue weighted by Gasteiger charge is -2.27. The molecule has 104 valence electrons. The zero-order valence-corrected chi connectivity index (χ0v) is 11.1. The van der Waals surface area contributed by atoms with E-state index >= 15 is 0 Å². The number of nitro groups is 1. The van der Waals surface area contributed by atoms with Crippen molar-refractivity contribution in [3.8, 4) is 5.75 Å². The fourth-order valence-corrected chi connectivity index (χ4v) is 2.25. The SMILES string of the molecule is CCOc1cccc(NN2CCCCC2)c1[N+](=O)[O-]. The minimum absolute atomic E-state index is 0.00919. The molecule has 2 rings (SSSR count). The van der Waals surface area contributed by atoms with Gasteiger partial charge in [0.25, 0.3) is 0 Å². The summed E-state index contributed by atoms with van der Waals surface area (Å²) in [4.78, 5) is 10.8. The molecule has 0 saturated carbocycles. The van der Waals surface area contributed by atoms with Crippen LogP contribution in [0.25, 0.3) is 0 Å². The Kier molecular flexibility index (Phi) is 4.57. The molecule has 1 saturated heterocycles. The van der Waals surface area contributed by atoms with E-state index in [2.05, 4.69) is 5.43 Å². The summed E-state index contributed by atoms with van der Waals surface area (Å²) in [6.45, 7) is 4.05. The number of benzene rings is 1. The van der Waals surface area contributed by atoms with Gasteiger partial charge in [0.1, 0.15) is 5.69 Å². The van der Waals surface area contributed by atoms with Crippen LogP contribution >= 0.6 is 0 Å². The molecule has 0 bridgehead atoms. The Morgan fingerprint density at radius 1 is 1.37 bits per heavy atom. The number of nitrogens with zero attached hydrogens (tertiary/aromatic N) is 2. The summed E-state index contributed by atoms with van der Waals surface area (Å²) >= 11 is 0. The molecule has 6 heteroatoms. The highest BCUT2D eigenvalue weighted by molar-refractivity contribution is 5.68. The van der Waals surface area contributed by atoms with Gasteiger partial charge in [-0.1, -0.05) is 12.5 Å². The molecule has 1 aromatic rings. The molecule has 1 aliphatic rings. The number of para-hydroxylation sites is 1. The first-order valence-electron chi connectivity index (χ1n) is 6.64. The van der Waals surface area contributed by atoms with E-state index in [4.69, 9.17) is 4.74 Å². The van der Waals surface area contributed by atoms with Gasteiger partial charge in [-0.3, -0.25) is 10.1 Å². The third-order valence-electron chi connectivity index (χ3n) is 3.12. The molecule has 19 heavy (non-hydrogen) atoms. The Balaban J connectivity index is 2.22. The molecular formula is C13H19N3O3. The Morgan fingerprint density at radius 2 is 2.11 bits per heavy atom. The number of nitro benzene ring substituents is 1. The zero-order chi connectivity index (χ0) is 13.7. The topological polar surface area (TPSA) is 67.6 Å². The minimum Gasteiger partial charge on any atom is -0.487 e. The van der Waals surface area contributed by atoms with E-state index < -0.39 is 4.92 Å². The van der Waals surface area contributed by atoms with Gasteiger partial charge in [0.2, 0.25) is 0 Å². The van der Waals surface area contributed by atoms with Gasteiger partial charge in [-0.05, 0) is 31.9 Å². The van der Waals surface area contributed by atoms with Crippen LogP contribution in [-0.4, -0.2) is 29.6 Å². The van der Waals surface area contributed by atoms with Crippen LogP contribution in [0.15, 0.2) is 18.2 Å². The van der Waals surface area contributed by atoms with E-state index in [1.807, 2.05) is 11.9 Å². The number of hydrogen-bond donors (Lipinski definition) is 1. The lowest BCUT2D eigenvalue weighted by molar-refractivity contribution is -0.385. The first-order chi connectivity index (χ1) is 9.22. The van der Waals surface area contributed by atoms with Crippen molar-refractivity contribution in [1.82, 2.24) is 5.01 Å². The fraction of sp³-hybridized carbons (Fsp3) is 0.538. The quantitative estimate of drug-likeness (QED) is 0.655. The molecule has 0 aromatic heterocycles. The second kappa shape index (κ2) is 6.38. The van der Waals surface area contributed by atoms with Crippen LogP contribution in [0.5, 0.6) is 5.75 Å². The van der Waals surface area contributed by atoms with Crippen molar-refractivity contribution in [3.63, 3.8) is 0 Å². The normalized spacial score (nSPS) is 16.1. The van der Waals surface area contributed by atoms with Crippen LogP contribution in [-0.2, 0) is 0 Å². The van der Waals surface area contributed by atoms with E-state index in [9.17, 15) is 10.1 Å². The highest BCUT2D eigenvalue weighted by Crippen LogP contribution is 2.35. The number of nitrogens with one attached hydrogen (secondary N) is 1. The van der Waals surface area contributed by atoms with Crippen molar-refractivity contribution in [1.29, 1.82) is 0 Å². The van der Waals surface area contributed by atoms with Crippen molar-refractivity contribution in [2.24, 2.45) is 0 Å². The number of hydrogen-bond acceptors (Lipinski definition) is 5. The maximum atomic E-state index is 11.2. The van der Waals surface area contributed by atoms with Gasteiger partial charge in [0.15, 0.2) is 5.75 Å². The molecule has 1 heterocycles. The molecule has 0 aliphatic carbocycles. The third-order valence-corrected chi connectivity index (χ3v) is 3.12. The summed E-state index contributed by atoms with van der Waals surface area (Å²) in [5.41, 5.74) is 3.65. The van der Waals surface area contributed by atoms with E-state index in [1.54, 1.807) is 18.2 Å². The lowest BCUT2D eigenvalue weighted by Crippen LogP contribution is -2.35.